The summed E-state index contributed by atoms with van der Waals surface area (Å²) in [4.78, 5) is 10.9. The van der Waals surface area contributed by atoms with E-state index >= 15 is 0 Å². The van der Waals surface area contributed by atoms with Gasteiger partial charge < -0.3 is 4.74 Å². The Kier molecular flexibility index (Phi) is 8.67. The number of allylic oxidation sites excluding steroid dienone is 8. The van der Waals surface area contributed by atoms with Crippen molar-refractivity contribution in [1.82, 2.24) is 9.97 Å². The number of fused-ring (bicyclic) bond motifs is 9. The Hall–Kier alpha value is -7.62. The van der Waals surface area contributed by atoms with Crippen LogP contribution in [0.1, 0.15) is 41.5 Å². The first-order valence-corrected chi connectivity index (χ1v) is 21.7. The van der Waals surface area contributed by atoms with Crippen molar-refractivity contribution >= 4 is 5.57 Å². The van der Waals surface area contributed by atoms with Crippen molar-refractivity contribution in [3.05, 3.63) is 240 Å². The number of aromatic nitrogens is 2. The molecule has 0 amide bonds. The Bertz CT molecular complexity index is 3160. The molecular formula is C59H42N2O. The summed E-state index contributed by atoms with van der Waals surface area (Å²) in [6.07, 6.45) is 16.5. The molecule has 0 saturated carbocycles. The van der Waals surface area contributed by atoms with Crippen LogP contribution in [0.5, 0.6) is 5.75 Å². The maximum atomic E-state index is 7.20. The summed E-state index contributed by atoms with van der Waals surface area (Å²) in [6.45, 7) is 0. The minimum Gasteiger partial charge on any atom is -0.460 e. The Morgan fingerprint density at radius 1 is 0.468 bits per heavy atom. The number of ether oxygens (including phenoxy) is 1. The normalized spacial score (nSPS) is 16.4. The molecule has 294 valence electrons. The van der Waals surface area contributed by atoms with Crippen molar-refractivity contribution in [1.29, 1.82) is 0 Å². The SMILES string of the molecule is C1=CCC2C(=C1)Oc1c(-c3ccccc3-c3nc(-c4cccc(C5=CCCC=C5)c4)cc(-c4cccc(-c5ccccc5)c4)n3)cccc1C21c2ccccc2-c2ccccc21. The molecule has 3 heteroatoms. The van der Waals surface area contributed by atoms with E-state index in [2.05, 4.69) is 212 Å². The molecule has 1 unspecified atom stereocenters. The summed E-state index contributed by atoms with van der Waals surface area (Å²) in [5.41, 5.74) is 17.6. The number of nitrogens with zero attached hydrogens (tertiary/aromatic N) is 2. The Balaban J connectivity index is 1.07. The van der Waals surface area contributed by atoms with Crippen LogP contribution in [0.2, 0.25) is 0 Å². The number of para-hydroxylation sites is 1. The highest BCUT2D eigenvalue weighted by Gasteiger charge is 2.55. The fourth-order valence-electron chi connectivity index (χ4n) is 10.5. The minimum absolute atomic E-state index is 0.111. The van der Waals surface area contributed by atoms with E-state index in [0.717, 1.165) is 75.5 Å². The van der Waals surface area contributed by atoms with Gasteiger partial charge in [-0.1, -0.05) is 188 Å². The number of hydrogen-bond acceptors (Lipinski definition) is 3. The summed E-state index contributed by atoms with van der Waals surface area (Å²) >= 11 is 0. The molecule has 1 aliphatic heterocycles. The monoisotopic (exact) mass is 794 g/mol. The van der Waals surface area contributed by atoms with Gasteiger partial charge in [-0.3, -0.25) is 0 Å². The summed E-state index contributed by atoms with van der Waals surface area (Å²) in [5.74, 6) is 2.66. The van der Waals surface area contributed by atoms with Crippen molar-refractivity contribution in [2.75, 3.05) is 0 Å². The molecule has 1 aromatic heterocycles. The van der Waals surface area contributed by atoms with Gasteiger partial charge in [0.2, 0.25) is 0 Å². The van der Waals surface area contributed by atoms with E-state index in [0.29, 0.717) is 5.82 Å². The van der Waals surface area contributed by atoms with Crippen LogP contribution >= 0.6 is 0 Å². The summed E-state index contributed by atoms with van der Waals surface area (Å²) in [6, 6.07) is 63.4. The molecule has 4 aliphatic rings. The van der Waals surface area contributed by atoms with Gasteiger partial charge in [0.05, 0.1) is 16.8 Å². The number of hydrogen-bond donors (Lipinski definition) is 0. The Morgan fingerprint density at radius 2 is 1.05 bits per heavy atom. The van der Waals surface area contributed by atoms with E-state index in [-0.39, 0.29) is 5.92 Å². The molecule has 3 nitrogen and oxygen atoms in total. The molecule has 1 atom stereocenters. The highest BCUT2D eigenvalue weighted by atomic mass is 16.5. The van der Waals surface area contributed by atoms with Gasteiger partial charge in [0.15, 0.2) is 5.82 Å². The third-order valence-corrected chi connectivity index (χ3v) is 13.2. The molecule has 0 radical (unpaired) electrons. The van der Waals surface area contributed by atoms with Crippen molar-refractivity contribution in [2.45, 2.75) is 24.7 Å². The van der Waals surface area contributed by atoms with Crippen LogP contribution in [0.15, 0.2) is 218 Å². The van der Waals surface area contributed by atoms with Crippen molar-refractivity contribution < 1.29 is 4.74 Å². The quantitative estimate of drug-likeness (QED) is 0.168. The predicted octanol–water partition coefficient (Wildman–Crippen LogP) is 14.7. The molecule has 62 heavy (non-hydrogen) atoms. The molecule has 0 bridgehead atoms. The molecule has 1 spiro atoms. The minimum atomic E-state index is -0.427. The summed E-state index contributed by atoms with van der Waals surface area (Å²) in [7, 11) is 0. The lowest BCUT2D eigenvalue weighted by Gasteiger charge is -2.46. The topological polar surface area (TPSA) is 35.0 Å². The van der Waals surface area contributed by atoms with E-state index in [9.17, 15) is 0 Å². The lowest BCUT2D eigenvalue weighted by Crippen LogP contribution is -2.42. The van der Waals surface area contributed by atoms with E-state index < -0.39 is 5.41 Å². The summed E-state index contributed by atoms with van der Waals surface area (Å²) < 4.78 is 7.20. The zero-order valence-corrected chi connectivity index (χ0v) is 34.2. The van der Waals surface area contributed by atoms with Gasteiger partial charge in [-0.25, -0.2) is 9.97 Å². The van der Waals surface area contributed by atoms with Crippen molar-refractivity contribution in [3.63, 3.8) is 0 Å². The van der Waals surface area contributed by atoms with Crippen molar-refractivity contribution in [3.8, 4) is 73.0 Å². The van der Waals surface area contributed by atoms with Gasteiger partial charge in [-0.2, -0.15) is 0 Å². The zero-order valence-electron chi connectivity index (χ0n) is 34.2. The maximum Gasteiger partial charge on any atom is 0.161 e. The highest BCUT2D eigenvalue weighted by molar-refractivity contribution is 5.91. The van der Waals surface area contributed by atoms with Crippen molar-refractivity contribution in [2.24, 2.45) is 5.92 Å². The maximum absolute atomic E-state index is 7.20. The molecule has 8 aromatic rings. The van der Waals surface area contributed by atoms with E-state index in [4.69, 9.17) is 14.7 Å². The molecular weight excluding hydrogens is 753 g/mol. The first-order valence-electron chi connectivity index (χ1n) is 21.7. The van der Waals surface area contributed by atoms with Gasteiger partial charge in [0.25, 0.3) is 0 Å². The average molecular weight is 795 g/mol. The van der Waals surface area contributed by atoms with E-state index in [1.807, 2.05) is 0 Å². The van der Waals surface area contributed by atoms with E-state index in [1.165, 1.54) is 44.5 Å². The first kappa shape index (κ1) is 36.2. The first-order chi connectivity index (χ1) is 30.7. The number of benzene rings is 7. The van der Waals surface area contributed by atoms with Crippen LogP contribution in [0, 0.1) is 5.92 Å². The Labute approximate surface area is 362 Å². The molecule has 7 aromatic carbocycles. The third kappa shape index (κ3) is 5.80. The van der Waals surface area contributed by atoms with Gasteiger partial charge in [-0.15, -0.1) is 0 Å². The lowest BCUT2D eigenvalue weighted by atomic mass is 9.60. The molecule has 12 rings (SSSR count). The molecule has 0 saturated heterocycles. The second kappa shape index (κ2) is 14.8. The highest BCUT2D eigenvalue weighted by Crippen LogP contribution is 2.64. The summed E-state index contributed by atoms with van der Waals surface area (Å²) in [5, 5.41) is 0. The number of rotatable bonds is 6. The third-order valence-electron chi connectivity index (χ3n) is 13.2. The fourth-order valence-corrected chi connectivity index (χ4v) is 10.5. The average Bonchev–Trinajstić information content (AvgIpc) is 3.65. The van der Waals surface area contributed by atoms with Gasteiger partial charge in [0, 0.05) is 33.7 Å². The lowest BCUT2D eigenvalue weighted by molar-refractivity contribution is 0.254. The van der Waals surface area contributed by atoms with Crippen LogP contribution in [0.4, 0.5) is 0 Å². The van der Waals surface area contributed by atoms with Crippen LogP contribution < -0.4 is 4.74 Å². The van der Waals surface area contributed by atoms with Gasteiger partial charge >= 0.3 is 0 Å². The second-order valence-electron chi connectivity index (χ2n) is 16.6. The van der Waals surface area contributed by atoms with Gasteiger partial charge in [0.1, 0.15) is 11.5 Å². The van der Waals surface area contributed by atoms with Crippen LogP contribution in [-0.2, 0) is 5.41 Å². The predicted molar refractivity (Wildman–Crippen MR) is 253 cm³/mol. The van der Waals surface area contributed by atoms with Gasteiger partial charge in [-0.05, 0) is 93.6 Å². The van der Waals surface area contributed by atoms with Crippen LogP contribution in [-0.4, -0.2) is 9.97 Å². The molecule has 3 aliphatic carbocycles. The zero-order chi connectivity index (χ0) is 41.0. The second-order valence-corrected chi connectivity index (χ2v) is 16.6. The molecule has 0 N–H and O–H groups in total. The Morgan fingerprint density at radius 3 is 1.77 bits per heavy atom. The smallest absolute Gasteiger partial charge is 0.161 e. The standard InChI is InChI=1S/C59H42N2O/c1-3-18-39(19-4-1)41-22-15-24-43(36-41)54-38-55(44-25-16-23-42(37-44)40-20-5-2-6-21-40)61-58(60-54)49-29-8-7-26-45(49)48-30-17-34-53-57(48)62-56-35-14-13-33-52(56)59(53)50-31-11-9-27-46(50)47-28-10-12-32-51(47)59/h1,3-5,7-32,34-38,52H,2,6,33H2. The largest absolute Gasteiger partial charge is 0.460 e. The molecule has 2 heterocycles. The fraction of sp³-hybridized carbons (Fsp3) is 0.0847. The van der Waals surface area contributed by atoms with E-state index in [1.54, 1.807) is 0 Å². The van der Waals surface area contributed by atoms with Crippen LogP contribution in [0.25, 0.3) is 72.9 Å². The van der Waals surface area contributed by atoms with Crippen LogP contribution in [0.3, 0.4) is 0 Å². The molecule has 0 fully saturated rings.